The van der Waals surface area contributed by atoms with Crippen LogP contribution in [0.15, 0.2) is 48.8 Å². The quantitative estimate of drug-likeness (QED) is 0.619. The summed E-state index contributed by atoms with van der Waals surface area (Å²) in [7, 11) is 1.59. The van der Waals surface area contributed by atoms with Gasteiger partial charge in [-0.3, -0.25) is 19.5 Å². The highest BCUT2D eigenvalue weighted by atomic mass is 16.5. The van der Waals surface area contributed by atoms with Gasteiger partial charge < -0.3 is 15.4 Å². The second-order valence-corrected chi connectivity index (χ2v) is 9.13. The van der Waals surface area contributed by atoms with Crippen molar-refractivity contribution < 1.29 is 14.3 Å². The topological polar surface area (TPSA) is 83.6 Å². The van der Waals surface area contributed by atoms with Gasteiger partial charge in [-0.05, 0) is 48.6 Å². The van der Waals surface area contributed by atoms with Crippen LogP contribution in [0.25, 0.3) is 0 Å². The highest BCUT2D eigenvalue weighted by Gasteiger charge is 2.37. The molecular weight excluding hydrogens is 404 g/mol. The van der Waals surface area contributed by atoms with Crippen LogP contribution in [0.2, 0.25) is 0 Å². The molecule has 3 rings (SSSR count). The Morgan fingerprint density at radius 2 is 2.00 bits per heavy atom. The van der Waals surface area contributed by atoms with Gasteiger partial charge in [0.15, 0.2) is 0 Å². The second kappa shape index (κ2) is 10.7. The maximum atomic E-state index is 13.7. The van der Waals surface area contributed by atoms with Crippen molar-refractivity contribution >= 4 is 17.5 Å². The summed E-state index contributed by atoms with van der Waals surface area (Å²) in [6, 6.07) is 10.4. The zero-order chi connectivity index (χ0) is 23.1. The van der Waals surface area contributed by atoms with E-state index >= 15 is 0 Å². The number of hydrogen-bond donors (Lipinski definition) is 2. The first-order valence-corrected chi connectivity index (χ1v) is 11.2. The molecule has 1 fully saturated rings. The summed E-state index contributed by atoms with van der Waals surface area (Å²) in [6.07, 6.45) is 4.99. The van der Waals surface area contributed by atoms with E-state index in [0.29, 0.717) is 24.4 Å². The summed E-state index contributed by atoms with van der Waals surface area (Å²) in [4.78, 5) is 32.9. The van der Waals surface area contributed by atoms with Crippen molar-refractivity contribution in [2.24, 2.45) is 0 Å². The third-order valence-corrected chi connectivity index (χ3v) is 5.72. The number of nitrogens with one attached hydrogen (secondary N) is 2. The maximum absolute atomic E-state index is 13.7. The summed E-state index contributed by atoms with van der Waals surface area (Å²) < 4.78 is 5.08. The Labute approximate surface area is 190 Å². The number of carbonyl (C=O) groups excluding carboxylic acids is 2. The first-order valence-electron chi connectivity index (χ1n) is 11.2. The maximum Gasteiger partial charge on any atom is 0.247 e. The number of aromatic nitrogens is 1. The molecule has 1 aliphatic heterocycles. The molecule has 2 aromatic rings. The number of anilines is 1. The predicted octanol–water partition coefficient (Wildman–Crippen LogP) is 2.97. The molecule has 7 nitrogen and oxygen atoms in total. The van der Waals surface area contributed by atoms with Gasteiger partial charge in [-0.2, -0.15) is 0 Å². The van der Waals surface area contributed by atoms with Crippen LogP contribution < -0.4 is 15.5 Å². The lowest BCUT2D eigenvalue weighted by Crippen LogP contribution is -2.50. The molecule has 7 heteroatoms. The Morgan fingerprint density at radius 1 is 1.25 bits per heavy atom. The van der Waals surface area contributed by atoms with Crippen molar-refractivity contribution in [3.63, 3.8) is 0 Å². The number of hydrogen-bond acceptors (Lipinski definition) is 5. The lowest BCUT2D eigenvalue weighted by atomic mass is 9.87. The van der Waals surface area contributed by atoms with E-state index in [9.17, 15) is 9.59 Å². The average Bonchev–Trinajstić information content (AvgIpc) is 3.32. The van der Waals surface area contributed by atoms with E-state index in [1.54, 1.807) is 30.5 Å². The summed E-state index contributed by atoms with van der Waals surface area (Å²) in [6.45, 7) is 7.99. The minimum Gasteiger partial charge on any atom is -0.383 e. The molecule has 2 heterocycles. The van der Waals surface area contributed by atoms with Crippen LogP contribution in [0, 0.1) is 0 Å². The summed E-state index contributed by atoms with van der Waals surface area (Å²) in [5, 5.41) is 6.19. The van der Waals surface area contributed by atoms with Crippen LogP contribution in [0.5, 0.6) is 0 Å². The van der Waals surface area contributed by atoms with Gasteiger partial charge in [-0.1, -0.05) is 39.0 Å². The highest BCUT2D eigenvalue weighted by Crippen LogP contribution is 2.31. The zero-order valence-corrected chi connectivity index (χ0v) is 19.4. The van der Waals surface area contributed by atoms with Crippen LogP contribution in [0.1, 0.15) is 50.8 Å². The summed E-state index contributed by atoms with van der Waals surface area (Å²) in [5.74, 6) is -0.372. The number of pyridine rings is 1. The van der Waals surface area contributed by atoms with Gasteiger partial charge in [-0.25, -0.2) is 0 Å². The Bertz CT molecular complexity index is 888. The molecule has 1 saturated heterocycles. The lowest BCUT2D eigenvalue weighted by Gasteiger charge is -2.33. The third kappa shape index (κ3) is 5.72. The van der Waals surface area contributed by atoms with Gasteiger partial charge in [0.2, 0.25) is 11.8 Å². The molecule has 0 bridgehead atoms. The predicted molar refractivity (Wildman–Crippen MR) is 126 cm³/mol. The zero-order valence-electron chi connectivity index (χ0n) is 19.4. The van der Waals surface area contributed by atoms with Crippen LogP contribution in [-0.4, -0.2) is 49.6 Å². The van der Waals surface area contributed by atoms with Gasteiger partial charge >= 0.3 is 0 Å². The Kier molecular flexibility index (Phi) is 7.99. The molecule has 1 aromatic heterocycles. The molecule has 2 atom stereocenters. The van der Waals surface area contributed by atoms with Gasteiger partial charge in [0, 0.05) is 37.3 Å². The largest absolute Gasteiger partial charge is 0.383 e. The highest BCUT2D eigenvalue weighted by molar-refractivity contribution is 6.03. The van der Waals surface area contributed by atoms with Gasteiger partial charge in [-0.15, -0.1) is 0 Å². The molecule has 1 aromatic carbocycles. The molecule has 0 saturated carbocycles. The summed E-state index contributed by atoms with van der Waals surface area (Å²) >= 11 is 0. The standard InChI is InChI=1S/C25H34N4O3/c1-25(2,3)19-9-11-20(12-10-19)29(24(31)21-8-6-14-27-21)22(18-7-5-13-26-17-18)23(30)28-15-16-32-4/h5,7,9-13,17,21-22,27H,6,8,14-16H2,1-4H3,(H,28,30)/t21-,22?/m1/s1. The molecule has 2 N–H and O–H groups in total. The third-order valence-electron chi connectivity index (χ3n) is 5.72. The normalized spacial score (nSPS) is 17.1. The van der Waals surface area contributed by atoms with E-state index < -0.39 is 6.04 Å². The number of rotatable bonds is 8. The first kappa shape index (κ1) is 23.9. The van der Waals surface area contributed by atoms with E-state index in [1.165, 1.54) is 0 Å². The number of benzene rings is 1. The molecule has 1 aliphatic rings. The molecule has 172 valence electrons. The minimum atomic E-state index is -0.837. The van der Waals surface area contributed by atoms with Gasteiger partial charge in [0.05, 0.1) is 12.6 Å². The second-order valence-electron chi connectivity index (χ2n) is 9.13. The van der Waals surface area contributed by atoms with E-state index in [4.69, 9.17) is 4.74 Å². The number of methoxy groups -OCH3 is 1. The van der Waals surface area contributed by atoms with Crippen molar-refractivity contribution in [2.45, 2.75) is 51.1 Å². The molecular formula is C25H34N4O3. The average molecular weight is 439 g/mol. The Balaban J connectivity index is 2.04. The van der Waals surface area contributed by atoms with Crippen LogP contribution >= 0.6 is 0 Å². The van der Waals surface area contributed by atoms with Crippen molar-refractivity contribution in [3.8, 4) is 0 Å². The number of ether oxygens (including phenoxy) is 1. The van der Waals surface area contributed by atoms with E-state index in [2.05, 4.69) is 36.4 Å². The molecule has 1 unspecified atom stereocenters. The van der Waals surface area contributed by atoms with Gasteiger partial charge in [0.1, 0.15) is 6.04 Å². The van der Waals surface area contributed by atoms with Crippen molar-refractivity contribution in [1.29, 1.82) is 0 Å². The lowest BCUT2D eigenvalue weighted by molar-refractivity contribution is -0.127. The number of carbonyl (C=O) groups is 2. The van der Waals surface area contributed by atoms with Crippen LogP contribution in [0.3, 0.4) is 0 Å². The number of nitrogens with zero attached hydrogens (tertiary/aromatic N) is 2. The van der Waals surface area contributed by atoms with Crippen molar-refractivity contribution in [2.75, 3.05) is 31.7 Å². The fourth-order valence-corrected chi connectivity index (χ4v) is 3.92. The van der Waals surface area contributed by atoms with Gasteiger partial charge in [0.25, 0.3) is 0 Å². The molecule has 32 heavy (non-hydrogen) atoms. The fourth-order valence-electron chi connectivity index (χ4n) is 3.92. The van der Waals surface area contributed by atoms with E-state index in [-0.39, 0.29) is 23.3 Å². The van der Waals surface area contributed by atoms with E-state index in [1.807, 2.05) is 30.3 Å². The SMILES string of the molecule is COCCNC(=O)C(c1cccnc1)N(C(=O)[C@H]1CCCN1)c1ccc(C(C)(C)C)cc1. The number of amides is 2. The van der Waals surface area contributed by atoms with Crippen molar-refractivity contribution in [1.82, 2.24) is 15.6 Å². The first-order chi connectivity index (χ1) is 15.3. The smallest absolute Gasteiger partial charge is 0.247 e. The minimum absolute atomic E-state index is 0.0132. The van der Waals surface area contributed by atoms with E-state index in [0.717, 1.165) is 24.9 Å². The fraction of sp³-hybridized carbons (Fsp3) is 0.480. The Hall–Kier alpha value is -2.77. The molecule has 2 amide bonds. The van der Waals surface area contributed by atoms with Crippen molar-refractivity contribution in [3.05, 3.63) is 59.9 Å². The molecule has 0 radical (unpaired) electrons. The Morgan fingerprint density at radius 3 is 2.56 bits per heavy atom. The summed E-state index contributed by atoms with van der Waals surface area (Å²) in [5.41, 5.74) is 2.50. The monoisotopic (exact) mass is 438 g/mol. The van der Waals surface area contributed by atoms with Crippen LogP contribution in [-0.2, 0) is 19.7 Å². The van der Waals surface area contributed by atoms with Crippen LogP contribution in [0.4, 0.5) is 5.69 Å². The molecule has 0 aliphatic carbocycles. The molecule has 0 spiro atoms.